The van der Waals surface area contributed by atoms with Crippen LogP contribution in [-0.2, 0) is 6.42 Å². The van der Waals surface area contributed by atoms with Gasteiger partial charge in [0.2, 0.25) is 0 Å². The second-order valence-corrected chi connectivity index (χ2v) is 3.66. The van der Waals surface area contributed by atoms with E-state index < -0.39 is 12.2 Å². The molecule has 15 heavy (non-hydrogen) atoms. The van der Waals surface area contributed by atoms with Gasteiger partial charge in [0.05, 0.1) is 0 Å². The third-order valence-electron chi connectivity index (χ3n) is 1.95. The molecule has 1 heterocycles. The molecule has 1 atom stereocenters. The van der Waals surface area contributed by atoms with E-state index in [1.807, 2.05) is 0 Å². The third kappa shape index (κ3) is 3.35. The Labute approximate surface area is 90.3 Å². The molecule has 0 aliphatic heterocycles. The first-order valence-electron chi connectivity index (χ1n) is 4.24. The van der Waals surface area contributed by atoms with E-state index in [0.29, 0.717) is 16.3 Å². The number of halogens is 4. The normalized spacial score (nSPS) is 14.0. The zero-order valence-electron chi connectivity index (χ0n) is 7.98. The van der Waals surface area contributed by atoms with Crippen molar-refractivity contribution in [1.29, 1.82) is 0 Å². The van der Waals surface area contributed by atoms with Gasteiger partial charge in [-0.2, -0.15) is 13.2 Å². The van der Waals surface area contributed by atoms with Crippen molar-refractivity contribution in [2.45, 2.75) is 25.6 Å². The summed E-state index contributed by atoms with van der Waals surface area (Å²) in [4.78, 5) is 3.76. The van der Waals surface area contributed by atoms with Gasteiger partial charge in [-0.05, 0) is 24.5 Å². The summed E-state index contributed by atoms with van der Waals surface area (Å²) < 4.78 is 36.4. The zero-order valence-corrected chi connectivity index (χ0v) is 8.73. The first kappa shape index (κ1) is 12.3. The van der Waals surface area contributed by atoms with E-state index in [0.717, 1.165) is 0 Å². The molecule has 0 radical (unpaired) electrons. The van der Waals surface area contributed by atoms with E-state index in [1.54, 1.807) is 13.0 Å². The van der Waals surface area contributed by atoms with Crippen LogP contribution in [0.2, 0.25) is 5.15 Å². The van der Waals surface area contributed by atoms with Gasteiger partial charge in [-0.15, -0.1) is 0 Å². The molecule has 1 aromatic heterocycles. The summed E-state index contributed by atoms with van der Waals surface area (Å²) in [5.41, 5.74) is 6.06. The Morgan fingerprint density at radius 1 is 1.53 bits per heavy atom. The fourth-order valence-electron chi connectivity index (χ4n) is 1.10. The average molecular weight is 239 g/mol. The Kier molecular flexibility index (Phi) is 3.57. The molecule has 0 amide bonds. The second kappa shape index (κ2) is 4.37. The molecule has 1 aromatic rings. The first-order chi connectivity index (χ1) is 6.80. The Balaban J connectivity index is 2.78. The van der Waals surface area contributed by atoms with Crippen molar-refractivity contribution in [2.75, 3.05) is 0 Å². The number of pyridine rings is 1. The summed E-state index contributed by atoms with van der Waals surface area (Å²) in [5, 5.41) is 0.291. The summed E-state index contributed by atoms with van der Waals surface area (Å²) in [5.74, 6) is 0. The van der Waals surface area contributed by atoms with Gasteiger partial charge in [0.1, 0.15) is 11.2 Å². The Morgan fingerprint density at radius 2 is 2.13 bits per heavy atom. The van der Waals surface area contributed by atoms with Crippen LogP contribution in [0.1, 0.15) is 11.1 Å². The van der Waals surface area contributed by atoms with Crippen LogP contribution >= 0.6 is 11.6 Å². The SMILES string of the molecule is Cc1cc(CC(N)C(F)(F)F)cnc1Cl. The summed E-state index contributed by atoms with van der Waals surface area (Å²) >= 11 is 5.64. The van der Waals surface area contributed by atoms with Crippen molar-refractivity contribution in [3.63, 3.8) is 0 Å². The maximum absolute atomic E-state index is 12.1. The molecule has 0 spiro atoms. The number of aromatic nitrogens is 1. The Morgan fingerprint density at radius 3 is 2.60 bits per heavy atom. The van der Waals surface area contributed by atoms with Crippen molar-refractivity contribution in [2.24, 2.45) is 5.73 Å². The topological polar surface area (TPSA) is 38.9 Å². The van der Waals surface area contributed by atoms with Crippen LogP contribution in [0.3, 0.4) is 0 Å². The van der Waals surface area contributed by atoms with E-state index in [1.165, 1.54) is 6.20 Å². The number of aryl methyl sites for hydroxylation is 1. The van der Waals surface area contributed by atoms with Crippen LogP contribution in [0.5, 0.6) is 0 Å². The highest BCUT2D eigenvalue weighted by molar-refractivity contribution is 6.30. The van der Waals surface area contributed by atoms with Gasteiger partial charge in [0.25, 0.3) is 0 Å². The predicted octanol–water partition coefficient (Wildman–Crippen LogP) is 2.48. The lowest BCUT2D eigenvalue weighted by Crippen LogP contribution is -2.39. The number of alkyl halides is 3. The molecule has 2 N–H and O–H groups in total. The standard InChI is InChI=1S/C9H10ClF3N2/c1-5-2-6(4-15-8(5)10)3-7(14)9(11,12)13/h2,4,7H,3,14H2,1H3. The highest BCUT2D eigenvalue weighted by atomic mass is 35.5. The summed E-state index contributed by atoms with van der Waals surface area (Å²) in [6.45, 7) is 1.68. The minimum absolute atomic E-state index is 0.283. The van der Waals surface area contributed by atoms with Crippen LogP contribution < -0.4 is 5.73 Å². The van der Waals surface area contributed by atoms with E-state index in [4.69, 9.17) is 17.3 Å². The molecule has 84 valence electrons. The van der Waals surface area contributed by atoms with Crippen LogP contribution in [-0.4, -0.2) is 17.2 Å². The van der Waals surface area contributed by atoms with Gasteiger partial charge >= 0.3 is 6.18 Å². The van der Waals surface area contributed by atoms with Crippen molar-refractivity contribution in [3.05, 3.63) is 28.5 Å². The molecule has 0 aliphatic rings. The van der Waals surface area contributed by atoms with Crippen molar-refractivity contribution >= 4 is 11.6 Å². The maximum atomic E-state index is 12.1. The fraction of sp³-hybridized carbons (Fsp3) is 0.444. The molecule has 1 unspecified atom stereocenters. The lowest BCUT2D eigenvalue weighted by Gasteiger charge is -2.15. The van der Waals surface area contributed by atoms with E-state index >= 15 is 0 Å². The molecule has 6 heteroatoms. The summed E-state index contributed by atoms with van der Waals surface area (Å²) in [6, 6.07) is -0.305. The molecule has 0 aliphatic carbocycles. The number of rotatable bonds is 2. The van der Waals surface area contributed by atoms with Gasteiger partial charge in [-0.25, -0.2) is 4.98 Å². The van der Waals surface area contributed by atoms with Crippen molar-refractivity contribution in [3.8, 4) is 0 Å². The lowest BCUT2D eigenvalue weighted by atomic mass is 10.1. The molecular weight excluding hydrogens is 229 g/mol. The molecule has 0 fully saturated rings. The molecule has 2 nitrogen and oxygen atoms in total. The number of hydrogen-bond donors (Lipinski definition) is 1. The minimum Gasteiger partial charge on any atom is -0.320 e. The van der Waals surface area contributed by atoms with Crippen molar-refractivity contribution in [1.82, 2.24) is 4.98 Å². The van der Waals surface area contributed by atoms with Crippen molar-refractivity contribution < 1.29 is 13.2 Å². The molecule has 0 aromatic carbocycles. The maximum Gasteiger partial charge on any atom is 0.403 e. The van der Waals surface area contributed by atoms with Crippen LogP contribution in [0.4, 0.5) is 13.2 Å². The number of nitrogens with zero attached hydrogens (tertiary/aromatic N) is 1. The number of nitrogens with two attached hydrogens (primary N) is 1. The average Bonchev–Trinajstić information content (AvgIpc) is 2.10. The van der Waals surface area contributed by atoms with Crippen LogP contribution in [0.25, 0.3) is 0 Å². The fourth-order valence-corrected chi connectivity index (χ4v) is 1.20. The van der Waals surface area contributed by atoms with Crippen LogP contribution in [0, 0.1) is 6.92 Å². The first-order valence-corrected chi connectivity index (χ1v) is 4.62. The summed E-state index contributed by atoms with van der Waals surface area (Å²) in [7, 11) is 0. The van der Waals surface area contributed by atoms with Gasteiger partial charge in [-0.1, -0.05) is 17.7 Å². The third-order valence-corrected chi connectivity index (χ3v) is 2.34. The molecular formula is C9H10ClF3N2. The highest BCUT2D eigenvalue weighted by Gasteiger charge is 2.36. The smallest absolute Gasteiger partial charge is 0.320 e. The highest BCUT2D eigenvalue weighted by Crippen LogP contribution is 2.22. The van der Waals surface area contributed by atoms with E-state index in [-0.39, 0.29) is 6.42 Å². The summed E-state index contributed by atoms with van der Waals surface area (Å²) in [6.07, 6.45) is -3.36. The van der Waals surface area contributed by atoms with E-state index in [9.17, 15) is 13.2 Å². The predicted molar refractivity (Wildman–Crippen MR) is 51.7 cm³/mol. The Hall–Kier alpha value is -0.810. The molecule has 0 saturated carbocycles. The number of hydrogen-bond acceptors (Lipinski definition) is 2. The van der Waals surface area contributed by atoms with Gasteiger partial charge in [0.15, 0.2) is 0 Å². The van der Waals surface area contributed by atoms with E-state index in [2.05, 4.69) is 4.98 Å². The van der Waals surface area contributed by atoms with Crippen LogP contribution in [0.15, 0.2) is 12.3 Å². The second-order valence-electron chi connectivity index (χ2n) is 3.30. The lowest BCUT2D eigenvalue weighted by molar-refractivity contribution is -0.147. The monoisotopic (exact) mass is 238 g/mol. The van der Waals surface area contributed by atoms with Gasteiger partial charge in [0, 0.05) is 6.20 Å². The molecule has 0 saturated heterocycles. The van der Waals surface area contributed by atoms with Gasteiger partial charge < -0.3 is 5.73 Å². The van der Waals surface area contributed by atoms with Gasteiger partial charge in [-0.3, -0.25) is 0 Å². The molecule has 0 bridgehead atoms. The minimum atomic E-state index is -4.38. The molecule has 1 rings (SSSR count). The zero-order chi connectivity index (χ0) is 11.6. The quantitative estimate of drug-likeness (QED) is 0.804. The Bertz CT molecular complexity index is 352. The largest absolute Gasteiger partial charge is 0.403 e.